The van der Waals surface area contributed by atoms with Crippen LogP contribution in [0, 0.1) is 0 Å². The molecule has 0 spiro atoms. The summed E-state index contributed by atoms with van der Waals surface area (Å²) >= 11 is 0. The predicted octanol–water partition coefficient (Wildman–Crippen LogP) is 2.01. The maximum Gasteiger partial charge on any atom is 0.321 e. The zero-order chi connectivity index (χ0) is 26.1. The highest BCUT2D eigenvalue weighted by Gasteiger charge is 2.25. The van der Waals surface area contributed by atoms with E-state index in [1.807, 2.05) is 50.9 Å². The first-order valence-corrected chi connectivity index (χ1v) is 12.6. The van der Waals surface area contributed by atoms with Crippen molar-refractivity contribution in [3.8, 4) is 5.75 Å². The number of urea groups is 1. The number of carbonyl (C=O) groups is 3. The number of benzene rings is 1. The molecule has 1 fully saturated rings. The second-order valence-corrected chi connectivity index (χ2v) is 10.0. The van der Waals surface area contributed by atoms with Gasteiger partial charge in [-0.25, -0.2) is 14.8 Å². The Balaban J connectivity index is 1.60. The van der Waals surface area contributed by atoms with E-state index >= 15 is 0 Å². The minimum absolute atomic E-state index is 0.00667. The molecular formula is C25H39N7O4. The Kier molecular flexibility index (Phi) is 9.51. The van der Waals surface area contributed by atoms with Crippen molar-refractivity contribution < 1.29 is 19.1 Å². The Morgan fingerprint density at radius 2 is 1.86 bits per heavy atom. The van der Waals surface area contributed by atoms with E-state index in [2.05, 4.69) is 26.4 Å². The first kappa shape index (κ1) is 27.3. The normalized spacial score (nSPS) is 15.6. The molecule has 3 rings (SSSR count). The summed E-state index contributed by atoms with van der Waals surface area (Å²) < 4.78 is 5.85. The monoisotopic (exact) mass is 501 g/mol. The molecule has 0 aliphatic carbocycles. The minimum Gasteiger partial charge on any atom is -0.494 e. The molecule has 2 aliphatic rings. The Morgan fingerprint density at radius 3 is 2.56 bits per heavy atom. The zero-order valence-corrected chi connectivity index (χ0v) is 21.8. The zero-order valence-electron chi connectivity index (χ0n) is 21.8. The number of carbonyl (C=O) groups excluding carboxylic acids is 3. The van der Waals surface area contributed by atoms with Crippen molar-refractivity contribution in [1.29, 1.82) is 0 Å². The second-order valence-electron chi connectivity index (χ2n) is 10.0. The number of hydrazine groups is 1. The molecule has 0 unspecified atom stereocenters. The number of ether oxygens (including phenoxy) is 1. The largest absolute Gasteiger partial charge is 0.494 e. The van der Waals surface area contributed by atoms with Crippen molar-refractivity contribution in [2.75, 3.05) is 32.8 Å². The molecule has 4 N–H and O–H groups in total. The van der Waals surface area contributed by atoms with Crippen molar-refractivity contribution in [2.45, 2.75) is 65.5 Å². The first-order chi connectivity index (χ1) is 17.1. The Labute approximate surface area is 213 Å². The highest BCUT2D eigenvalue weighted by molar-refractivity contribution is 5.99. The molecule has 11 nitrogen and oxygen atoms in total. The predicted molar refractivity (Wildman–Crippen MR) is 138 cm³/mol. The first-order valence-electron chi connectivity index (χ1n) is 12.6. The molecule has 0 saturated carbocycles. The van der Waals surface area contributed by atoms with Crippen LogP contribution in [0.2, 0.25) is 0 Å². The van der Waals surface area contributed by atoms with Crippen LogP contribution in [0.15, 0.2) is 23.2 Å². The highest BCUT2D eigenvalue weighted by Crippen LogP contribution is 2.30. The molecule has 0 atom stereocenters. The van der Waals surface area contributed by atoms with Crippen LogP contribution in [0.5, 0.6) is 5.75 Å². The Morgan fingerprint density at radius 1 is 1.11 bits per heavy atom. The quantitative estimate of drug-likeness (QED) is 0.384. The van der Waals surface area contributed by atoms with Crippen molar-refractivity contribution in [3.05, 3.63) is 23.8 Å². The smallest absolute Gasteiger partial charge is 0.321 e. The minimum atomic E-state index is -0.388. The molecule has 1 saturated heterocycles. The van der Waals surface area contributed by atoms with Gasteiger partial charge in [-0.1, -0.05) is 6.07 Å². The molecular weight excluding hydrogens is 462 g/mol. The number of guanidine groups is 1. The summed E-state index contributed by atoms with van der Waals surface area (Å²) in [6.45, 7) is 10.7. The van der Waals surface area contributed by atoms with Crippen LogP contribution >= 0.6 is 0 Å². The van der Waals surface area contributed by atoms with Gasteiger partial charge in [0.2, 0.25) is 17.8 Å². The van der Waals surface area contributed by atoms with Gasteiger partial charge >= 0.3 is 6.03 Å². The van der Waals surface area contributed by atoms with Crippen LogP contribution in [0.4, 0.5) is 10.5 Å². The highest BCUT2D eigenvalue weighted by atomic mass is 16.5. The molecule has 1 aromatic carbocycles. The summed E-state index contributed by atoms with van der Waals surface area (Å²) in [6, 6.07) is 5.19. The van der Waals surface area contributed by atoms with E-state index in [1.165, 1.54) is 0 Å². The van der Waals surface area contributed by atoms with Gasteiger partial charge in [0.1, 0.15) is 12.3 Å². The van der Waals surface area contributed by atoms with Crippen molar-refractivity contribution in [3.63, 3.8) is 0 Å². The molecule has 4 amide bonds. The van der Waals surface area contributed by atoms with Gasteiger partial charge in [0.15, 0.2) is 0 Å². The summed E-state index contributed by atoms with van der Waals surface area (Å²) in [5.41, 5.74) is 4.14. The molecule has 2 aliphatic heterocycles. The lowest BCUT2D eigenvalue weighted by atomic mass is 10.1. The summed E-state index contributed by atoms with van der Waals surface area (Å²) in [4.78, 5) is 43.2. The lowest BCUT2D eigenvalue weighted by molar-refractivity contribution is -0.125. The fourth-order valence-corrected chi connectivity index (χ4v) is 4.00. The molecule has 198 valence electrons. The third-order valence-electron chi connectivity index (χ3n) is 5.56. The second kappa shape index (κ2) is 12.6. The fraction of sp³-hybridized carbons (Fsp3) is 0.600. The average Bonchev–Trinajstić information content (AvgIpc) is 3.29. The summed E-state index contributed by atoms with van der Waals surface area (Å²) in [6.07, 6.45) is 3.23. The van der Waals surface area contributed by atoms with Gasteiger partial charge < -0.3 is 20.3 Å². The average molecular weight is 502 g/mol. The number of hydrogen-bond acceptors (Lipinski definition) is 7. The third-order valence-corrected chi connectivity index (χ3v) is 5.56. The lowest BCUT2D eigenvalue weighted by Gasteiger charge is -2.31. The van der Waals surface area contributed by atoms with Crippen molar-refractivity contribution in [1.82, 2.24) is 31.3 Å². The Hall–Kier alpha value is -3.34. The fourth-order valence-electron chi connectivity index (χ4n) is 4.00. The van der Waals surface area contributed by atoms with Gasteiger partial charge in [-0.15, -0.1) is 0 Å². The Bertz CT molecular complexity index is 968. The molecule has 0 aromatic heterocycles. The van der Waals surface area contributed by atoms with E-state index in [-0.39, 0.29) is 29.9 Å². The van der Waals surface area contributed by atoms with E-state index in [9.17, 15) is 14.4 Å². The summed E-state index contributed by atoms with van der Waals surface area (Å²) in [5, 5.41) is 10.3. The topological polar surface area (TPSA) is 127 Å². The number of nitrogens with zero attached hydrogens (tertiary/aromatic N) is 3. The maximum atomic E-state index is 12.6. The van der Waals surface area contributed by atoms with Gasteiger partial charge in [0.25, 0.3) is 0 Å². The van der Waals surface area contributed by atoms with E-state index in [1.54, 1.807) is 4.90 Å². The van der Waals surface area contributed by atoms with Gasteiger partial charge in [-0.05, 0) is 58.6 Å². The standard InChI is InChI=1S/C25H39N7O4/c1-5-26-24(35)28-23-27-20-15-19(36-14-8-9-21(33)30-32-12-6-7-13-32)11-10-18(20)16-31(23)17-22(34)29-25(2,3)4/h10-11,15H,5-9,12-14,16-17H2,1-4H3,(H,29,34)(H,30,33)(H2,26,27,28,35). The van der Waals surface area contributed by atoms with Crippen LogP contribution in [0.25, 0.3) is 0 Å². The van der Waals surface area contributed by atoms with Gasteiger partial charge in [0.05, 0.1) is 12.3 Å². The van der Waals surface area contributed by atoms with E-state index in [0.717, 1.165) is 31.5 Å². The van der Waals surface area contributed by atoms with Crippen LogP contribution < -0.4 is 26.1 Å². The van der Waals surface area contributed by atoms with E-state index < -0.39 is 0 Å². The molecule has 0 radical (unpaired) electrons. The molecule has 1 aromatic rings. The van der Waals surface area contributed by atoms with Crippen LogP contribution in [-0.4, -0.2) is 72.0 Å². The van der Waals surface area contributed by atoms with Crippen molar-refractivity contribution in [2.24, 2.45) is 4.99 Å². The van der Waals surface area contributed by atoms with E-state index in [4.69, 9.17) is 4.74 Å². The molecule has 36 heavy (non-hydrogen) atoms. The number of amides is 4. The van der Waals surface area contributed by atoms with Crippen molar-refractivity contribution >= 4 is 29.5 Å². The number of rotatable bonds is 9. The lowest BCUT2D eigenvalue weighted by Crippen LogP contribution is -2.53. The number of fused-ring (bicyclic) bond motifs is 1. The SMILES string of the molecule is CCNC(=O)NC1=Nc2cc(OCCCC(=O)NN3CCCC3)ccc2CN1CC(=O)NC(C)(C)C. The van der Waals surface area contributed by atoms with Crippen LogP contribution in [0.1, 0.15) is 58.9 Å². The van der Waals surface area contributed by atoms with Crippen LogP contribution in [0.3, 0.4) is 0 Å². The van der Waals surface area contributed by atoms with Crippen LogP contribution in [-0.2, 0) is 16.1 Å². The van der Waals surface area contributed by atoms with E-state index in [0.29, 0.717) is 49.9 Å². The maximum absolute atomic E-state index is 12.6. The van der Waals surface area contributed by atoms with Gasteiger partial charge in [0, 0.05) is 44.2 Å². The van der Waals surface area contributed by atoms with Gasteiger partial charge in [-0.3, -0.25) is 20.3 Å². The number of aliphatic imine (C=N–C) groups is 1. The molecule has 11 heteroatoms. The number of nitrogens with one attached hydrogen (secondary N) is 4. The van der Waals surface area contributed by atoms with Gasteiger partial charge in [-0.2, -0.15) is 0 Å². The number of hydrogen-bond donors (Lipinski definition) is 4. The summed E-state index contributed by atoms with van der Waals surface area (Å²) in [5.74, 6) is 0.777. The molecule has 2 heterocycles. The summed E-state index contributed by atoms with van der Waals surface area (Å²) in [7, 11) is 0. The third kappa shape index (κ3) is 8.71. The molecule has 0 bridgehead atoms.